The summed E-state index contributed by atoms with van der Waals surface area (Å²) in [6.45, 7) is 1.41. The van der Waals surface area contributed by atoms with E-state index in [4.69, 9.17) is 15.2 Å². The van der Waals surface area contributed by atoms with Gasteiger partial charge >= 0.3 is 0 Å². The van der Waals surface area contributed by atoms with E-state index in [-0.39, 0.29) is 0 Å². The van der Waals surface area contributed by atoms with E-state index in [9.17, 15) is 0 Å². The van der Waals surface area contributed by atoms with Crippen LogP contribution in [0.15, 0.2) is 0 Å². The van der Waals surface area contributed by atoms with Gasteiger partial charge in [0.05, 0.1) is 19.3 Å². The van der Waals surface area contributed by atoms with E-state index < -0.39 is 0 Å². The molecule has 2 atom stereocenters. The van der Waals surface area contributed by atoms with Gasteiger partial charge in [0.25, 0.3) is 0 Å². The van der Waals surface area contributed by atoms with Crippen LogP contribution in [0.5, 0.6) is 0 Å². The van der Waals surface area contributed by atoms with Crippen molar-refractivity contribution in [1.29, 1.82) is 0 Å². The number of ether oxygens (including phenoxy) is 2. The number of hydrogen-bond donors (Lipinski definition) is 1. The van der Waals surface area contributed by atoms with E-state index >= 15 is 0 Å². The molecule has 2 fully saturated rings. The summed E-state index contributed by atoms with van der Waals surface area (Å²) in [5, 5.41) is 0. The fourth-order valence-corrected chi connectivity index (χ4v) is 3.37. The van der Waals surface area contributed by atoms with Gasteiger partial charge in [-0.1, -0.05) is 25.7 Å². The molecular weight excluding hydrogens is 202 g/mol. The minimum absolute atomic E-state index is 0.310. The average Bonchev–Trinajstić information content (AvgIpc) is 2.55. The summed E-state index contributed by atoms with van der Waals surface area (Å²) in [5.41, 5.74) is 6.55. The molecule has 1 spiro atoms. The first-order valence-corrected chi connectivity index (χ1v) is 6.66. The van der Waals surface area contributed by atoms with Gasteiger partial charge in [0.15, 0.2) is 0 Å². The van der Waals surface area contributed by atoms with Crippen molar-refractivity contribution in [3.05, 3.63) is 0 Å². The topological polar surface area (TPSA) is 44.5 Å². The highest BCUT2D eigenvalue weighted by atomic mass is 16.5. The van der Waals surface area contributed by atoms with E-state index in [0.29, 0.717) is 24.2 Å². The summed E-state index contributed by atoms with van der Waals surface area (Å²) in [4.78, 5) is 0. The summed E-state index contributed by atoms with van der Waals surface area (Å²) >= 11 is 0. The summed E-state index contributed by atoms with van der Waals surface area (Å²) in [7, 11) is 1.72. The molecule has 16 heavy (non-hydrogen) atoms. The third-order valence-electron chi connectivity index (χ3n) is 4.49. The fraction of sp³-hybridized carbons (Fsp3) is 1.00. The zero-order chi connectivity index (χ0) is 11.4. The van der Waals surface area contributed by atoms with Crippen molar-refractivity contribution < 1.29 is 9.47 Å². The lowest BCUT2D eigenvalue weighted by atomic mass is 9.58. The predicted molar refractivity (Wildman–Crippen MR) is 64.3 cm³/mol. The maximum absolute atomic E-state index is 6.24. The molecular formula is C13H25NO2. The highest BCUT2D eigenvalue weighted by Crippen LogP contribution is 2.51. The van der Waals surface area contributed by atoms with Crippen molar-refractivity contribution in [2.75, 3.05) is 20.3 Å². The summed E-state index contributed by atoms with van der Waals surface area (Å²) in [5.74, 6) is 0. The van der Waals surface area contributed by atoms with Gasteiger partial charge in [0, 0.05) is 18.6 Å². The second-order valence-electron chi connectivity index (χ2n) is 5.34. The Morgan fingerprint density at radius 1 is 1.12 bits per heavy atom. The molecule has 0 aromatic heterocycles. The van der Waals surface area contributed by atoms with Crippen LogP contribution in [0.2, 0.25) is 0 Å². The van der Waals surface area contributed by atoms with Gasteiger partial charge in [-0.2, -0.15) is 0 Å². The highest BCUT2D eigenvalue weighted by Gasteiger charge is 2.53. The van der Waals surface area contributed by atoms with Gasteiger partial charge in [-0.25, -0.2) is 0 Å². The Hall–Kier alpha value is -0.120. The van der Waals surface area contributed by atoms with E-state index in [0.717, 1.165) is 13.0 Å². The molecule has 94 valence electrons. The third-order valence-corrected chi connectivity index (χ3v) is 4.49. The molecule has 0 aliphatic heterocycles. The van der Waals surface area contributed by atoms with Crippen LogP contribution in [0.25, 0.3) is 0 Å². The first-order chi connectivity index (χ1) is 7.79. The average molecular weight is 227 g/mol. The minimum atomic E-state index is 0.310. The van der Waals surface area contributed by atoms with Crippen molar-refractivity contribution in [3.8, 4) is 0 Å². The molecule has 0 amide bonds. The number of rotatable bonds is 4. The van der Waals surface area contributed by atoms with Crippen LogP contribution >= 0.6 is 0 Å². The van der Waals surface area contributed by atoms with Crippen LogP contribution in [0, 0.1) is 5.41 Å². The van der Waals surface area contributed by atoms with Gasteiger partial charge in [0.2, 0.25) is 0 Å². The van der Waals surface area contributed by atoms with Gasteiger partial charge in [-0.05, 0) is 19.3 Å². The van der Waals surface area contributed by atoms with E-state index in [2.05, 4.69) is 0 Å². The molecule has 0 saturated heterocycles. The lowest BCUT2D eigenvalue weighted by molar-refractivity contribution is -0.140. The second kappa shape index (κ2) is 5.48. The normalized spacial score (nSPS) is 33.4. The quantitative estimate of drug-likeness (QED) is 0.748. The maximum Gasteiger partial charge on any atom is 0.0704 e. The highest BCUT2D eigenvalue weighted by molar-refractivity contribution is 5.06. The van der Waals surface area contributed by atoms with E-state index in [1.807, 2.05) is 0 Å². The van der Waals surface area contributed by atoms with Crippen molar-refractivity contribution in [2.24, 2.45) is 11.1 Å². The van der Waals surface area contributed by atoms with Crippen LogP contribution < -0.4 is 5.73 Å². The molecule has 0 aromatic rings. The van der Waals surface area contributed by atoms with Gasteiger partial charge in [-0.15, -0.1) is 0 Å². The molecule has 2 unspecified atom stereocenters. The number of hydrogen-bond acceptors (Lipinski definition) is 3. The van der Waals surface area contributed by atoms with E-state index in [1.165, 1.54) is 38.5 Å². The summed E-state index contributed by atoms with van der Waals surface area (Å²) in [6, 6.07) is 0.373. The Bertz CT molecular complexity index is 212. The Morgan fingerprint density at radius 3 is 2.38 bits per heavy atom. The van der Waals surface area contributed by atoms with Gasteiger partial charge in [-0.3, -0.25) is 0 Å². The number of nitrogens with two attached hydrogens (primary N) is 1. The summed E-state index contributed by atoms with van der Waals surface area (Å²) in [6.07, 6.45) is 9.39. The molecule has 2 saturated carbocycles. The molecule has 2 rings (SSSR count). The maximum atomic E-state index is 6.24. The zero-order valence-corrected chi connectivity index (χ0v) is 10.4. The number of methoxy groups -OCH3 is 1. The molecule has 2 aliphatic rings. The third kappa shape index (κ3) is 2.27. The molecule has 3 nitrogen and oxygen atoms in total. The monoisotopic (exact) mass is 227 g/mol. The van der Waals surface area contributed by atoms with Gasteiger partial charge in [0.1, 0.15) is 0 Å². The fourth-order valence-electron chi connectivity index (χ4n) is 3.37. The standard InChI is InChI=1S/C13H25NO2/c1-15-8-9-16-12-10-11(14)13(12)6-4-2-3-5-7-13/h11-12H,2-10,14H2,1H3. The first-order valence-electron chi connectivity index (χ1n) is 6.66. The molecule has 3 heteroatoms. The van der Waals surface area contributed by atoms with Gasteiger partial charge < -0.3 is 15.2 Å². The first kappa shape index (κ1) is 12.3. The lowest BCUT2D eigenvalue weighted by Crippen LogP contribution is -2.62. The predicted octanol–water partition coefficient (Wildman–Crippen LogP) is 2.09. The van der Waals surface area contributed by atoms with Crippen LogP contribution in [0.1, 0.15) is 44.9 Å². The molecule has 0 heterocycles. The van der Waals surface area contributed by atoms with Crippen LogP contribution in [-0.2, 0) is 9.47 Å². The van der Waals surface area contributed by atoms with Crippen molar-refractivity contribution in [3.63, 3.8) is 0 Å². The molecule has 2 N–H and O–H groups in total. The molecule has 0 bridgehead atoms. The van der Waals surface area contributed by atoms with Crippen LogP contribution in [0.3, 0.4) is 0 Å². The Kier molecular flexibility index (Phi) is 4.22. The Labute approximate surface area is 98.7 Å². The second-order valence-corrected chi connectivity index (χ2v) is 5.34. The molecule has 0 radical (unpaired) electrons. The van der Waals surface area contributed by atoms with Crippen molar-refractivity contribution in [2.45, 2.75) is 57.1 Å². The zero-order valence-electron chi connectivity index (χ0n) is 10.4. The molecule has 2 aliphatic carbocycles. The van der Waals surface area contributed by atoms with E-state index in [1.54, 1.807) is 7.11 Å². The molecule has 0 aromatic carbocycles. The smallest absolute Gasteiger partial charge is 0.0704 e. The minimum Gasteiger partial charge on any atom is -0.382 e. The largest absolute Gasteiger partial charge is 0.382 e. The SMILES string of the molecule is COCCOC1CC(N)C12CCCCCC2. The Balaban J connectivity index is 1.88. The van der Waals surface area contributed by atoms with Crippen LogP contribution in [0.4, 0.5) is 0 Å². The summed E-state index contributed by atoms with van der Waals surface area (Å²) < 4.78 is 11.0. The van der Waals surface area contributed by atoms with Crippen molar-refractivity contribution in [1.82, 2.24) is 0 Å². The van der Waals surface area contributed by atoms with Crippen molar-refractivity contribution >= 4 is 0 Å². The Morgan fingerprint density at radius 2 is 1.81 bits per heavy atom. The lowest BCUT2D eigenvalue weighted by Gasteiger charge is -2.54. The van der Waals surface area contributed by atoms with Crippen LogP contribution in [-0.4, -0.2) is 32.5 Å².